The van der Waals surface area contributed by atoms with Crippen LogP contribution in [0.25, 0.3) is 0 Å². The number of benzene rings is 2. The number of hydrogen-bond donors (Lipinski definition) is 3. The number of imidazole rings is 1. The summed E-state index contributed by atoms with van der Waals surface area (Å²) in [7, 11) is 0. The van der Waals surface area contributed by atoms with E-state index in [-0.39, 0.29) is 29.6 Å². The minimum absolute atomic E-state index is 0.168. The Morgan fingerprint density at radius 2 is 1.89 bits per heavy atom. The molecular weight excluding hydrogens is 587 g/mol. The number of aryl methyl sites for hydroxylation is 2. The number of carbonyl (C=O) groups excluding carboxylic acids is 1. The van der Waals surface area contributed by atoms with Crippen LogP contribution in [0.4, 0.5) is 16.0 Å². The molecule has 3 saturated heterocycles. The first kappa shape index (κ1) is 32.2. The lowest BCUT2D eigenvalue weighted by Crippen LogP contribution is -2.43. The summed E-state index contributed by atoms with van der Waals surface area (Å²) in [6, 6.07) is 11.9. The van der Waals surface area contributed by atoms with Gasteiger partial charge in [0.05, 0.1) is 31.6 Å². The second-order valence-electron chi connectivity index (χ2n) is 13.1. The number of carbonyl (C=O) groups is 2. The number of rotatable bonds is 10. The van der Waals surface area contributed by atoms with Crippen LogP contribution in [0.15, 0.2) is 48.8 Å². The quantitative estimate of drug-likeness (QED) is 0.308. The third-order valence-electron chi connectivity index (χ3n) is 9.80. The van der Waals surface area contributed by atoms with Crippen molar-refractivity contribution in [1.29, 1.82) is 0 Å². The van der Waals surface area contributed by atoms with Crippen LogP contribution >= 0.6 is 0 Å². The molecule has 0 radical (unpaired) electrons. The van der Waals surface area contributed by atoms with Crippen molar-refractivity contribution in [2.24, 2.45) is 11.8 Å². The molecule has 3 aliphatic rings. The SMILES string of the molecule is Cc1ccc([C@@H]2CN(CC[C@H]3COCCN3)C[C@H]2C(=O)Nc2nccn2Cc2ccc(C)cc2N2CCC(C(=O)O)CC2)c(F)c1. The average molecular weight is 633 g/mol. The minimum atomic E-state index is -0.725. The van der Waals surface area contributed by atoms with Gasteiger partial charge in [-0.1, -0.05) is 24.3 Å². The number of morpholine rings is 1. The van der Waals surface area contributed by atoms with Gasteiger partial charge in [-0.05, 0) is 74.0 Å². The van der Waals surface area contributed by atoms with Gasteiger partial charge in [0.2, 0.25) is 11.9 Å². The zero-order valence-electron chi connectivity index (χ0n) is 26.8. The topological polar surface area (TPSA) is 112 Å². The fraction of sp³-hybridized carbons (Fsp3) is 0.514. The van der Waals surface area contributed by atoms with E-state index in [1.54, 1.807) is 12.3 Å². The molecule has 3 N–H and O–H groups in total. The minimum Gasteiger partial charge on any atom is -0.481 e. The molecule has 3 atom stereocenters. The first-order chi connectivity index (χ1) is 22.2. The van der Waals surface area contributed by atoms with E-state index in [1.807, 2.05) is 29.8 Å². The molecular formula is C35H45FN6O4. The summed E-state index contributed by atoms with van der Waals surface area (Å²) in [5.74, 6) is -1.74. The van der Waals surface area contributed by atoms with Crippen molar-refractivity contribution in [2.75, 3.05) is 62.7 Å². The van der Waals surface area contributed by atoms with Crippen LogP contribution in [0.2, 0.25) is 0 Å². The largest absolute Gasteiger partial charge is 0.481 e. The number of aliphatic carboxylic acids is 1. The van der Waals surface area contributed by atoms with Crippen LogP contribution in [-0.2, 0) is 20.9 Å². The zero-order valence-corrected chi connectivity index (χ0v) is 26.8. The lowest BCUT2D eigenvalue weighted by Gasteiger charge is -2.33. The Balaban J connectivity index is 1.17. The normalized spacial score (nSPS) is 22.7. The second kappa shape index (κ2) is 14.3. The summed E-state index contributed by atoms with van der Waals surface area (Å²) in [6.45, 7) is 9.96. The first-order valence-corrected chi connectivity index (χ1v) is 16.4. The second-order valence-corrected chi connectivity index (χ2v) is 13.1. The van der Waals surface area contributed by atoms with Crippen LogP contribution in [0.5, 0.6) is 0 Å². The molecule has 246 valence electrons. The number of hydrogen-bond acceptors (Lipinski definition) is 7. The summed E-state index contributed by atoms with van der Waals surface area (Å²) in [4.78, 5) is 34.5. The number of carboxylic acid groups (broad SMARTS) is 1. The molecule has 0 spiro atoms. The fourth-order valence-electron chi connectivity index (χ4n) is 7.14. The Labute approximate surface area is 269 Å². The summed E-state index contributed by atoms with van der Waals surface area (Å²) in [6.07, 6.45) is 5.66. The monoisotopic (exact) mass is 632 g/mol. The number of ether oxygens (including phenoxy) is 1. The van der Waals surface area contributed by atoms with Gasteiger partial charge >= 0.3 is 5.97 Å². The highest BCUT2D eigenvalue weighted by atomic mass is 19.1. The zero-order chi connectivity index (χ0) is 32.2. The lowest BCUT2D eigenvalue weighted by molar-refractivity contribution is -0.142. The van der Waals surface area contributed by atoms with Gasteiger partial charge in [-0.3, -0.25) is 14.9 Å². The van der Waals surface area contributed by atoms with E-state index in [1.165, 1.54) is 0 Å². The third kappa shape index (κ3) is 7.43. The number of nitrogens with one attached hydrogen (secondary N) is 2. The van der Waals surface area contributed by atoms with Crippen LogP contribution in [0.3, 0.4) is 0 Å². The predicted molar refractivity (Wildman–Crippen MR) is 175 cm³/mol. The maximum absolute atomic E-state index is 15.3. The van der Waals surface area contributed by atoms with E-state index in [2.05, 4.69) is 50.5 Å². The molecule has 3 fully saturated rings. The molecule has 2 aromatic carbocycles. The smallest absolute Gasteiger partial charge is 0.306 e. The van der Waals surface area contributed by atoms with E-state index in [9.17, 15) is 14.7 Å². The molecule has 1 amide bonds. The van der Waals surface area contributed by atoms with E-state index in [0.29, 0.717) is 63.7 Å². The molecule has 0 saturated carbocycles. The van der Waals surface area contributed by atoms with Crippen LogP contribution in [-0.4, -0.2) is 90.0 Å². The maximum atomic E-state index is 15.3. The van der Waals surface area contributed by atoms with Crippen molar-refractivity contribution in [2.45, 2.75) is 51.6 Å². The van der Waals surface area contributed by atoms with E-state index >= 15 is 4.39 Å². The molecule has 0 aliphatic carbocycles. The molecule has 1 aromatic heterocycles. The average Bonchev–Trinajstić information content (AvgIpc) is 3.68. The first-order valence-electron chi connectivity index (χ1n) is 16.4. The van der Waals surface area contributed by atoms with E-state index in [0.717, 1.165) is 48.5 Å². The van der Waals surface area contributed by atoms with Crippen LogP contribution in [0.1, 0.15) is 47.4 Å². The van der Waals surface area contributed by atoms with Crippen molar-refractivity contribution in [1.82, 2.24) is 19.8 Å². The third-order valence-corrected chi connectivity index (χ3v) is 9.80. The number of anilines is 2. The molecule has 0 bridgehead atoms. The fourth-order valence-corrected chi connectivity index (χ4v) is 7.14. The van der Waals surface area contributed by atoms with Gasteiger partial charge in [0.15, 0.2) is 0 Å². The standard InChI is InChI=1S/C35H45FN6O4/c1-23-4-6-28(31(36)17-23)29-20-40(12-9-27-22-46-16-11-37-27)21-30(29)33(43)39-35-38-10-15-42(35)19-26-5-3-24(2)18-32(26)41-13-7-25(8-14-41)34(44)45/h3-6,10,15,17-18,25,27,29-30,37H,7-9,11-14,16,19-22H2,1-2H3,(H,44,45)(H,38,39,43)/t27-,29-,30+/m0/s1. The molecule has 6 rings (SSSR count). The van der Waals surface area contributed by atoms with Gasteiger partial charge in [-0.25, -0.2) is 9.37 Å². The number of nitrogens with zero attached hydrogens (tertiary/aromatic N) is 4. The van der Waals surface area contributed by atoms with Gasteiger partial charge in [0.25, 0.3) is 0 Å². The van der Waals surface area contributed by atoms with Gasteiger partial charge in [-0.15, -0.1) is 0 Å². The molecule has 3 aromatic rings. The molecule has 46 heavy (non-hydrogen) atoms. The number of likely N-dealkylation sites (tertiary alicyclic amines) is 1. The summed E-state index contributed by atoms with van der Waals surface area (Å²) < 4.78 is 22.8. The number of carboxylic acids is 1. The molecule has 3 aliphatic heterocycles. The predicted octanol–water partition coefficient (Wildman–Crippen LogP) is 4.02. The van der Waals surface area contributed by atoms with E-state index in [4.69, 9.17) is 4.74 Å². The van der Waals surface area contributed by atoms with Crippen molar-refractivity contribution in [3.63, 3.8) is 0 Å². The van der Waals surface area contributed by atoms with Crippen molar-refractivity contribution >= 4 is 23.5 Å². The van der Waals surface area contributed by atoms with Gasteiger partial charge in [0.1, 0.15) is 5.82 Å². The van der Waals surface area contributed by atoms with Crippen molar-refractivity contribution in [3.8, 4) is 0 Å². The highest BCUT2D eigenvalue weighted by Gasteiger charge is 2.40. The van der Waals surface area contributed by atoms with Crippen molar-refractivity contribution in [3.05, 3.63) is 76.9 Å². The van der Waals surface area contributed by atoms with Gasteiger partial charge < -0.3 is 29.5 Å². The van der Waals surface area contributed by atoms with Crippen LogP contribution < -0.4 is 15.5 Å². The number of piperidine rings is 1. The molecule has 4 heterocycles. The Morgan fingerprint density at radius 1 is 1.11 bits per heavy atom. The maximum Gasteiger partial charge on any atom is 0.306 e. The Hall–Kier alpha value is -3.80. The lowest BCUT2D eigenvalue weighted by atomic mass is 9.87. The highest BCUT2D eigenvalue weighted by molar-refractivity contribution is 5.92. The molecule has 0 unspecified atom stereocenters. The summed E-state index contributed by atoms with van der Waals surface area (Å²) in [5.41, 5.74) is 4.70. The molecule has 11 heteroatoms. The summed E-state index contributed by atoms with van der Waals surface area (Å²) in [5, 5.41) is 16.0. The number of amides is 1. The number of halogens is 1. The molecule has 10 nitrogen and oxygen atoms in total. The Kier molecular flexibility index (Phi) is 10.0. The van der Waals surface area contributed by atoms with Crippen molar-refractivity contribution < 1.29 is 23.8 Å². The van der Waals surface area contributed by atoms with E-state index < -0.39 is 11.9 Å². The number of aromatic nitrogens is 2. The Bertz CT molecular complexity index is 1530. The van der Waals surface area contributed by atoms with Gasteiger partial charge in [0, 0.05) is 62.8 Å². The highest BCUT2D eigenvalue weighted by Crippen LogP contribution is 2.36. The van der Waals surface area contributed by atoms with Crippen LogP contribution in [0, 0.1) is 31.5 Å². The van der Waals surface area contributed by atoms with Gasteiger partial charge in [-0.2, -0.15) is 0 Å². The Morgan fingerprint density at radius 3 is 2.63 bits per heavy atom. The summed E-state index contributed by atoms with van der Waals surface area (Å²) >= 11 is 0.